The van der Waals surface area contributed by atoms with Gasteiger partial charge in [-0.05, 0) is 59.6 Å². The second-order valence-electron chi connectivity index (χ2n) is 6.90. The summed E-state index contributed by atoms with van der Waals surface area (Å²) in [7, 11) is 0. The van der Waals surface area contributed by atoms with E-state index in [1.165, 1.54) is 38.9 Å². The molecule has 0 radical (unpaired) electrons. The fourth-order valence-electron chi connectivity index (χ4n) is 2.34. The van der Waals surface area contributed by atoms with E-state index in [1.54, 1.807) is 0 Å². The van der Waals surface area contributed by atoms with Crippen LogP contribution >= 0.6 is 0 Å². The fourth-order valence-corrected chi connectivity index (χ4v) is 2.34. The summed E-state index contributed by atoms with van der Waals surface area (Å²) in [4.78, 5) is 0. The van der Waals surface area contributed by atoms with Crippen molar-refractivity contribution in [3.63, 3.8) is 0 Å². The predicted molar refractivity (Wildman–Crippen MR) is 135 cm³/mol. The molecule has 0 nitrogen and oxygen atoms in total. The molecule has 0 aliphatic carbocycles. The van der Waals surface area contributed by atoms with Crippen molar-refractivity contribution < 1.29 is 0 Å². The molecule has 0 N–H and O–H groups in total. The minimum absolute atomic E-state index is 1.33. The highest BCUT2D eigenvalue weighted by molar-refractivity contribution is 5.28. The van der Waals surface area contributed by atoms with Crippen molar-refractivity contribution in [2.24, 2.45) is 0 Å². The number of hydrogen-bond donors (Lipinski definition) is 0. The third-order valence-electron chi connectivity index (χ3n) is 4.05. The maximum Gasteiger partial charge on any atom is -0.0395 e. The van der Waals surface area contributed by atoms with Gasteiger partial charge < -0.3 is 0 Å². The molecule has 0 spiro atoms. The summed E-state index contributed by atoms with van der Waals surface area (Å²) in [5, 5.41) is 0. The van der Waals surface area contributed by atoms with Gasteiger partial charge in [-0.1, -0.05) is 122 Å². The van der Waals surface area contributed by atoms with Crippen LogP contribution in [-0.2, 0) is 0 Å². The molecule has 3 rings (SSSR count). The van der Waals surface area contributed by atoms with E-state index in [2.05, 4.69) is 115 Å². The molecule has 0 aromatic heterocycles. The third kappa shape index (κ3) is 15.3. The van der Waals surface area contributed by atoms with Crippen LogP contribution in [0, 0.1) is 48.5 Å². The maximum absolute atomic E-state index is 2.20. The average molecular weight is 393 g/mol. The molecule has 0 amide bonds. The van der Waals surface area contributed by atoms with Gasteiger partial charge in [0.25, 0.3) is 0 Å². The van der Waals surface area contributed by atoms with Gasteiger partial charge in [0, 0.05) is 0 Å². The number of aryl methyl sites for hydroxylation is 7. The molecule has 29 heavy (non-hydrogen) atoms. The van der Waals surface area contributed by atoms with Gasteiger partial charge in [-0.25, -0.2) is 0 Å². The van der Waals surface area contributed by atoms with Crippen LogP contribution in [0.4, 0.5) is 0 Å². The molecule has 0 heterocycles. The Morgan fingerprint density at radius 3 is 0.966 bits per heavy atom. The molecule has 0 saturated heterocycles. The van der Waals surface area contributed by atoms with Crippen molar-refractivity contribution in [3.05, 3.63) is 106 Å². The Kier molecular flexibility index (Phi) is 17.7. The minimum atomic E-state index is 1.33. The van der Waals surface area contributed by atoms with Gasteiger partial charge in [0.1, 0.15) is 0 Å². The standard InChI is InChI=1S/C9H12.2C8H10.2C2H6/c1-7-4-5-8(2)9(3)6-7;1-7-3-5-8(2)6-4-7;1-7-4-3-5-8(2)6-7;2*1-2/h4-6H,1-3H3;2*3-6H,1-2H3;2*1-2H3. The van der Waals surface area contributed by atoms with Gasteiger partial charge in [0.2, 0.25) is 0 Å². The van der Waals surface area contributed by atoms with Crippen molar-refractivity contribution in [1.82, 2.24) is 0 Å². The van der Waals surface area contributed by atoms with Crippen molar-refractivity contribution in [2.75, 3.05) is 0 Å². The topological polar surface area (TPSA) is 0 Å². The normalized spacial score (nSPS) is 8.52. The van der Waals surface area contributed by atoms with Crippen molar-refractivity contribution in [2.45, 2.75) is 76.2 Å². The zero-order chi connectivity index (χ0) is 22.8. The van der Waals surface area contributed by atoms with E-state index in [-0.39, 0.29) is 0 Å². The second kappa shape index (κ2) is 17.7. The summed E-state index contributed by atoms with van der Waals surface area (Å²) < 4.78 is 0. The van der Waals surface area contributed by atoms with Gasteiger partial charge in [-0.15, -0.1) is 0 Å². The van der Waals surface area contributed by atoms with E-state index in [9.17, 15) is 0 Å². The first-order valence-electron chi connectivity index (χ1n) is 10.9. The first-order chi connectivity index (χ1) is 13.8. The number of rotatable bonds is 0. The quantitative estimate of drug-likeness (QED) is 0.357. The smallest absolute Gasteiger partial charge is 0.0395 e. The van der Waals surface area contributed by atoms with Crippen LogP contribution in [0.25, 0.3) is 0 Å². The highest BCUT2D eigenvalue weighted by Gasteiger charge is 1.89. The lowest BCUT2D eigenvalue weighted by Gasteiger charge is -1.98. The predicted octanol–water partition coefficient (Wildman–Crippen LogP) is 9.27. The van der Waals surface area contributed by atoms with Gasteiger partial charge in [0.05, 0.1) is 0 Å². The van der Waals surface area contributed by atoms with Crippen LogP contribution in [-0.4, -0.2) is 0 Å². The summed E-state index contributed by atoms with van der Waals surface area (Å²) >= 11 is 0. The molecule has 0 unspecified atom stereocenters. The second-order valence-corrected chi connectivity index (χ2v) is 6.90. The monoisotopic (exact) mass is 392 g/mol. The van der Waals surface area contributed by atoms with E-state index in [0.29, 0.717) is 0 Å². The number of hydrogen-bond acceptors (Lipinski definition) is 0. The van der Waals surface area contributed by atoms with Crippen LogP contribution in [0.15, 0.2) is 66.7 Å². The lowest BCUT2D eigenvalue weighted by atomic mass is 10.1. The lowest BCUT2D eigenvalue weighted by molar-refractivity contribution is 1.30. The van der Waals surface area contributed by atoms with Crippen LogP contribution in [0.5, 0.6) is 0 Å². The molecule has 0 atom stereocenters. The Morgan fingerprint density at radius 1 is 0.345 bits per heavy atom. The molecule has 0 heteroatoms. The summed E-state index contributed by atoms with van der Waals surface area (Å²) in [5.41, 5.74) is 9.44. The highest BCUT2D eigenvalue weighted by Crippen LogP contribution is 2.07. The zero-order valence-corrected chi connectivity index (χ0v) is 20.9. The van der Waals surface area contributed by atoms with Gasteiger partial charge in [0.15, 0.2) is 0 Å². The summed E-state index contributed by atoms with van der Waals surface area (Å²) in [6, 6.07) is 23.4. The van der Waals surface area contributed by atoms with Crippen LogP contribution in [0.2, 0.25) is 0 Å². The first-order valence-corrected chi connectivity index (χ1v) is 10.9. The Bertz CT molecular complexity index is 726. The third-order valence-corrected chi connectivity index (χ3v) is 4.05. The molecule has 0 bridgehead atoms. The van der Waals surface area contributed by atoms with Gasteiger partial charge >= 0.3 is 0 Å². The van der Waals surface area contributed by atoms with Crippen molar-refractivity contribution >= 4 is 0 Å². The Balaban J connectivity index is 0. The Morgan fingerprint density at radius 2 is 0.690 bits per heavy atom. The summed E-state index contributed by atoms with van der Waals surface area (Å²) in [6.45, 7) is 22.8. The van der Waals surface area contributed by atoms with Crippen molar-refractivity contribution in [3.8, 4) is 0 Å². The Hall–Kier alpha value is -2.34. The molecule has 3 aromatic rings. The average Bonchev–Trinajstić information content (AvgIpc) is 2.71. The molecule has 0 aliphatic heterocycles. The minimum Gasteiger partial charge on any atom is -0.0683 e. The number of benzene rings is 3. The first kappa shape index (κ1) is 28.9. The van der Waals surface area contributed by atoms with E-state index in [0.717, 1.165) is 0 Å². The van der Waals surface area contributed by atoms with Crippen LogP contribution < -0.4 is 0 Å². The van der Waals surface area contributed by atoms with Crippen LogP contribution in [0.1, 0.15) is 66.6 Å². The van der Waals surface area contributed by atoms with E-state index in [1.807, 2.05) is 27.7 Å². The lowest BCUT2D eigenvalue weighted by Crippen LogP contribution is -1.79. The molecule has 0 fully saturated rings. The molecule has 0 saturated carbocycles. The Labute approximate surface area is 182 Å². The van der Waals surface area contributed by atoms with Crippen molar-refractivity contribution in [1.29, 1.82) is 0 Å². The molecule has 0 aliphatic rings. The van der Waals surface area contributed by atoms with Crippen LogP contribution in [0.3, 0.4) is 0 Å². The molecular formula is C29H44. The molecular weight excluding hydrogens is 348 g/mol. The fraction of sp³-hybridized carbons (Fsp3) is 0.379. The summed E-state index contributed by atoms with van der Waals surface area (Å²) in [5.74, 6) is 0. The van der Waals surface area contributed by atoms with E-state index in [4.69, 9.17) is 0 Å². The zero-order valence-electron chi connectivity index (χ0n) is 20.9. The largest absolute Gasteiger partial charge is 0.0683 e. The molecule has 160 valence electrons. The summed E-state index contributed by atoms with van der Waals surface area (Å²) in [6.07, 6.45) is 0. The van der Waals surface area contributed by atoms with Gasteiger partial charge in [-0.2, -0.15) is 0 Å². The van der Waals surface area contributed by atoms with E-state index >= 15 is 0 Å². The highest BCUT2D eigenvalue weighted by atomic mass is 13.9. The molecule has 3 aromatic carbocycles. The van der Waals surface area contributed by atoms with Gasteiger partial charge in [-0.3, -0.25) is 0 Å². The SMILES string of the molecule is CC.CC.Cc1ccc(C)c(C)c1.Cc1ccc(C)cc1.Cc1cccc(C)c1. The maximum atomic E-state index is 2.20. The van der Waals surface area contributed by atoms with E-state index < -0.39 is 0 Å².